The number of nitrogens with zero attached hydrogens (tertiary/aromatic N) is 2. The number of amides is 2. The van der Waals surface area contributed by atoms with Crippen molar-refractivity contribution < 1.29 is 14.5 Å². The Kier molecular flexibility index (Phi) is 6.30. The van der Waals surface area contributed by atoms with Crippen LogP contribution in [0.5, 0.6) is 0 Å². The molecule has 0 unspecified atom stereocenters. The molecule has 2 aromatic carbocycles. The number of likely N-dealkylation sites (tertiary alicyclic amines) is 1. The van der Waals surface area contributed by atoms with E-state index < -0.39 is 10.8 Å². The van der Waals surface area contributed by atoms with Crippen molar-refractivity contribution in [1.82, 2.24) is 4.90 Å². The summed E-state index contributed by atoms with van der Waals surface area (Å²) in [4.78, 5) is 39.0. The minimum atomic E-state index is -0.610. The molecule has 28 heavy (non-hydrogen) atoms. The van der Waals surface area contributed by atoms with Gasteiger partial charge in [0, 0.05) is 24.1 Å². The van der Waals surface area contributed by atoms with Gasteiger partial charge < -0.3 is 10.2 Å². The molecule has 2 amide bonds. The maximum Gasteiger partial charge on any atom is 0.282 e. The second-order valence-corrected chi connectivity index (χ2v) is 7.37. The lowest BCUT2D eigenvalue weighted by molar-refractivity contribution is -0.385. The number of carbonyl (C=O) groups is 2. The van der Waals surface area contributed by atoms with E-state index in [1.54, 1.807) is 35.2 Å². The van der Waals surface area contributed by atoms with Crippen LogP contribution in [-0.4, -0.2) is 41.0 Å². The summed E-state index contributed by atoms with van der Waals surface area (Å²) in [6.07, 6.45) is 4.87. The number of hydrogen-bond donors (Lipinski definition) is 1. The predicted molar refractivity (Wildman–Crippen MR) is 109 cm³/mol. The maximum absolute atomic E-state index is 12.9. The Morgan fingerprint density at radius 1 is 1.07 bits per heavy atom. The van der Waals surface area contributed by atoms with Crippen molar-refractivity contribution >= 4 is 35.0 Å². The third-order valence-corrected chi connectivity index (χ3v) is 5.42. The van der Waals surface area contributed by atoms with Gasteiger partial charge in [0.2, 0.25) is 0 Å². The molecule has 1 aliphatic heterocycles. The van der Waals surface area contributed by atoms with E-state index in [4.69, 9.17) is 0 Å². The Hall–Kier alpha value is -2.87. The molecule has 1 aliphatic rings. The molecule has 1 fully saturated rings. The summed E-state index contributed by atoms with van der Waals surface area (Å²) in [6.45, 7) is 1.39. The van der Waals surface area contributed by atoms with E-state index in [0.29, 0.717) is 24.3 Å². The SMILES string of the molecule is CSc1ccc([N+](=O)[O-])c(C(=O)Nc2ccccc2C(=O)N2CCCCC2)c1. The van der Waals surface area contributed by atoms with Crippen LogP contribution >= 0.6 is 11.8 Å². The van der Waals surface area contributed by atoms with Gasteiger partial charge in [0.05, 0.1) is 16.2 Å². The summed E-state index contributed by atoms with van der Waals surface area (Å²) in [5.74, 6) is -0.746. The zero-order valence-corrected chi connectivity index (χ0v) is 16.3. The fourth-order valence-corrected chi connectivity index (χ4v) is 3.66. The molecular formula is C20H21N3O4S. The molecule has 3 rings (SSSR count). The van der Waals surface area contributed by atoms with E-state index >= 15 is 0 Å². The molecule has 8 heteroatoms. The molecule has 0 atom stereocenters. The Labute approximate surface area is 167 Å². The number of carbonyl (C=O) groups excluding carboxylic acids is 2. The second-order valence-electron chi connectivity index (χ2n) is 6.49. The number of rotatable bonds is 5. The highest BCUT2D eigenvalue weighted by Gasteiger charge is 2.24. The molecule has 1 N–H and O–H groups in total. The van der Waals surface area contributed by atoms with Gasteiger partial charge in [0.25, 0.3) is 17.5 Å². The van der Waals surface area contributed by atoms with Crippen LogP contribution in [0.2, 0.25) is 0 Å². The van der Waals surface area contributed by atoms with E-state index in [1.807, 2.05) is 6.26 Å². The molecule has 2 aromatic rings. The van der Waals surface area contributed by atoms with Gasteiger partial charge in [-0.15, -0.1) is 11.8 Å². The van der Waals surface area contributed by atoms with E-state index in [2.05, 4.69) is 5.32 Å². The van der Waals surface area contributed by atoms with Crippen molar-refractivity contribution in [2.45, 2.75) is 24.2 Å². The number of anilines is 1. The van der Waals surface area contributed by atoms with Gasteiger partial charge in [0.15, 0.2) is 0 Å². The Morgan fingerprint density at radius 3 is 2.46 bits per heavy atom. The average Bonchev–Trinajstić information content (AvgIpc) is 2.73. The number of nitrogens with one attached hydrogen (secondary N) is 1. The fraction of sp³-hybridized carbons (Fsp3) is 0.300. The van der Waals surface area contributed by atoms with Gasteiger partial charge in [-0.1, -0.05) is 12.1 Å². The zero-order chi connectivity index (χ0) is 20.1. The van der Waals surface area contributed by atoms with Gasteiger partial charge in [-0.25, -0.2) is 0 Å². The number of piperidine rings is 1. The third kappa shape index (κ3) is 4.33. The number of nitro benzene ring substituents is 1. The normalized spacial score (nSPS) is 13.8. The van der Waals surface area contributed by atoms with Crippen LogP contribution in [0.3, 0.4) is 0 Å². The summed E-state index contributed by atoms with van der Waals surface area (Å²) < 4.78 is 0. The lowest BCUT2D eigenvalue weighted by Gasteiger charge is -2.27. The molecule has 1 saturated heterocycles. The highest BCUT2D eigenvalue weighted by molar-refractivity contribution is 7.98. The number of para-hydroxylation sites is 1. The molecule has 0 bridgehead atoms. The van der Waals surface area contributed by atoms with Gasteiger partial charge >= 0.3 is 0 Å². The molecule has 0 saturated carbocycles. The molecule has 146 valence electrons. The van der Waals surface area contributed by atoms with Gasteiger partial charge in [-0.05, 0) is 49.8 Å². The lowest BCUT2D eigenvalue weighted by atomic mass is 10.1. The highest BCUT2D eigenvalue weighted by atomic mass is 32.2. The van der Waals surface area contributed by atoms with Crippen molar-refractivity contribution in [2.24, 2.45) is 0 Å². The number of hydrogen-bond acceptors (Lipinski definition) is 5. The number of nitro groups is 1. The maximum atomic E-state index is 12.9. The van der Waals surface area contributed by atoms with Crippen LogP contribution in [0.1, 0.15) is 40.0 Å². The summed E-state index contributed by atoms with van der Waals surface area (Å²) in [7, 11) is 0. The average molecular weight is 399 g/mol. The Morgan fingerprint density at radius 2 is 1.79 bits per heavy atom. The van der Waals surface area contributed by atoms with E-state index in [9.17, 15) is 19.7 Å². The van der Waals surface area contributed by atoms with Crippen molar-refractivity contribution in [1.29, 1.82) is 0 Å². The summed E-state index contributed by atoms with van der Waals surface area (Å²) in [6, 6.07) is 11.2. The van der Waals surface area contributed by atoms with Crippen LogP contribution in [0.15, 0.2) is 47.4 Å². The molecule has 0 radical (unpaired) electrons. The van der Waals surface area contributed by atoms with E-state index in [1.165, 1.54) is 23.9 Å². The molecule has 0 spiro atoms. The standard InChI is InChI=1S/C20H21N3O4S/c1-28-14-9-10-18(23(26)27)16(13-14)19(24)21-17-8-4-3-7-15(17)20(25)22-11-5-2-6-12-22/h3-4,7-10,13H,2,5-6,11-12H2,1H3,(H,21,24). The van der Waals surface area contributed by atoms with Gasteiger partial charge in [0.1, 0.15) is 5.56 Å². The summed E-state index contributed by atoms with van der Waals surface area (Å²) in [5, 5.41) is 14.0. The van der Waals surface area contributed by atoms with Gasteiger partial charge in [-0.2, -0.15) is 0 Å². The predicted octanol–water partition coefficient (Wildman–Crippen LogP) is 4.20. The van der Waals surface area contributed by atoms with Crippen molar-refractivity contribution in [2.75, 3.05) is 24.7 Å². The van der Waals surface area contributed by atoms with Crippen LogP contribution < -0.4 is 5.32 Å². The minimum absolute atomic E-state index is 0.0305. The van der Waals surface area contributed by atoms with Crippen LogP contribution in [-0.2, 0) is 0 Å². The van der Waals surface area contributed by atoms with E-state index in [-0.39, 0.29) is 17.2 Å². The minimum Gasteiger partial charge on any atom is -0.339 e. The summed E-state index contributed by atoms with van der Waals surface area (Å²) >= 11 is 1.39. The number of thioether (sulfide) groups is 1. The first-order valence-corrected chi connectivity index (χ1v) is 10.3. The summed E-state index contributed by atoms with van der Waals surface area (Å²) in [5.41, 5.74) is 0.445. The molecule has 0 aromatic heterocycles. The second kappa shape index (κ2) is 8.88. The van der Waals surface area contributed by atoms with Gasteiger partial charge in [-0.3, -0.25) is 19.7 Å². The topological polar surface area (TPSA) is 92.5 Å². The largest absolute Gasteiger partial charge is 0.339 e. The Balaban J connectivity index is 1.89. The first-order chi connectivity index (χ1) is 13.5. The smallest absolute Gasteiger partial charge is 0.282 e. The number of benzene rings is 2. The van der Waals surface area contributed by atoms with Crippen molar-refractivity contribution in [3.05, 3.63) is 63.7 Å². The monoisotopic (exact) mass is 399 g/mol. The third-order valence-electron chi connectivity index (χ3n) is 4.69. The highest BCUT2D eigenvalue weighted by Crippen LogP contribution is 2.27. The van der Waals surface area contributed by atoms with Crippen LogP contribution in [0.25, 0.3) is 0 Å². The van der Waals surface area contributed by atoms with E-state index in [0.717, 1.165) is 24.2 Å². The lowest BCUT2D eigenvalue weighted by Crippen LogP contribution is -2.36. The first-order valence-electron chi connectivity index (χ1n) is 9.03. The molecule has 7 nitrogen and oxygen atoms in total. The molecule has 1 heterocycles. The Bertz CT molecular complexity index is 910. The van der Waals surface area contributed by atoms with Crippen LogP contribution in [0, 0.1) is 10.1 Å². The quantitative estimate of drug-likeness (QED) is 0.462. The van der Waals surface area contributed by atoms with Crippen molar-refractivity contribution in [3.63, 3.8) is 0 Å². The molecular weight excluding hydrogens is 378 g/mol. The van der Waals surface area contributed by atoms with Crippen molar-refractivity contribution in [3.8, 4) is 0 Å². The zero-order valence-electron chi connectivity index (χ0n) is 15.5. The molecule has 0 aliphatic carbocycles. The fourth-order valence-electron chi connectivity index (χ4n) is 3.22. The first kappa shape index (κ1) is 19.9. The van der Waals surface area contributed by atoms with Crippen LogP contribution in [0.4, 0.5) is 11.4 Å².